The zero-order valence-corrected chi connectivity index (χ0v) is 20.3. The Morgan fingerprint density at radius 2 is 1.61 bits per heavy atom. The lowest BCUT2D eigenvalue weighted by Crippen LogP contribution is -2.17. The van der Waals surface area contributed by atoms with Gasteiger partial charge in [-0.05, 0) is 61.5 Å². The normalized spacial score (nSPS) is 11.2. The second-order valence-corrected chi connectivity index (χ2v) is 9.46. The summed E-state index contributed by atoms with van der Waals surface area (Å²) in [5, 5.41) is 3.14. The van der Waals surface area contributed by atoms with Crippen LogP contribution in [0.4, 0.5) is 17.3 Å². The number of sulfonamides is 1. The fourth-order valence-corrected chi connectivity index (χ4v) is 4.81. The minimum absolute atomic E-state index is 0.0101. The third kappa shape index (κ3) is 5.18. The lowest BCUT2D eigenvalue weighted by molar-refractivity contribution is 0.331. The van der Waals surface area contributed by atoms with Crippen molar-refractivity contribution in [2.45, 2.75) is 11.8 Å². The molecule has 2 N–H and O–H groups in total. The van der Waals surface area contributed by atoms with E-state index in [1.165, 1.54) is 6.07 Å². The molecule has 0 bridgehead atoms. The molecule has 1 aromatic heterocycles. The van der Waals surface area contributed by atoms with Crippen LogP contribution in [0.5, 0.6) is 11.5 Å². The number of para-hydroxylation sites is 2. The molecule has 170 valence electrons. The van der Waals surface area contributed by atoms with E-state index in [9.17, 15) is 8.42 Å². The van der Waals surface area contributed by atoms with Gasteiger partial charge in [-0.15, -0.1) is 0 Å². The Balaban J connectivity index is 1.77. The van der Waals surface area contributed by atoms with Crippen LogP contribution >= 0.6 is 15.9 Å². The van der Waals surface area contributed by atoms with Crippen LogP contribution in [0, 0.1) is 0 Å². The second kappa shape index (κ2) is 9.63. The smallest absolute Gasteiger partial charge is 0.266 e. The van der Waals surface area contributed by atoms with E-state index in [2.05, 4.69) is 35.9 Å². The minimum Gasteiger partial charge on any atom is -0.497 e. The highest BCUT2D eigenvalue weighted by atomic mass is 79.9. The predicted molar refractivity (Wildman–Crippen MR) is 132 cm³/mol. The predicted octanol–water partition coefficient (Wildman–Crippen LogP) is 5.34. The van der Waals surface area contributed by atoms with Gasteiger partial charge in [-0.1, -0.05) is 28.1 Å². The third-order valence-electron chi connectivity index (χ3n) is 4.65. The average Bonchev–Trinajstić information content (AvgIpc) is 2.81. The Kier molecular flexibility index (Phi) is 6.66. The van der Waals surface area contributed by atoms with Gasteiger partial charge in [0.15, 0.2) is 11.6 Å². The number of nitrogens with zero attached hydrogens (tertiary/aromatic N) is 2. The Morgan fingerprint density at radius 3 is 2.24 bits per heavy atom. The van der Waals surface area contributed by atoms with Crippen LogP contribution in [0.1, 0.15) is 6.92 Å². The molecule has 0 aliphatic carbocycles. The number of benzene rings is 3. The van der Waals surface area contributed by atoms with Gasteiger partial charge in [0.05, 0.1) is 24.8 Å². The van der Waals surface area contributed by atoms with Crippen LogP contribution in [-0.2, 0) is 10.0 Å². The lowest BCUT2D eigenvalue weighted by Gasteiger charge is -2.16. The van der Waals surface area contributed by atoms with Crippen LogP contribution in [0.25, 0.3) is 11.0 Å². The standard InChI is InChI=1S/C23H21BrN4O4S/c1-3-32-20-13-8-15(24)14-21(20)33(29,30)28-23-22(25-16-9-11-17(31-2)12-10-16)26-18-6-4-5-7-19(18)27-23/h4-14H,3H2,1-2H3,(H,25,26)(H,27,28). The average molecular weight is 529 g/mol. The molecule has 0 saturated carbocycles. The molecular formula is C23H21BrN4O4S. The van der Waals surface area contributed by atoms with Gasteiger partial charge in [-0.2, -0.15) is 0 Å². The fourth-order valence-electron chi connectivity index (χ4n) is 3.12. The quantitative estimate of drug-likeness (QED) is 0.318. The summed E-state index contributed by atoms with van der Waals surface area (Å²) in [5.74, 6) is 1.26. The maximum absolute atomic E-state index is 13.3. The summed E-state index contributed by atoms with van der Waals surface area (Å²) < 4.78 is 40.6. The molecule has 0 radical (unpaired) electrons. The highest BCUT2D eigenvalue weighted by Crippen LogP contribution is 2.32. The van der Waals surface area contributed by atoms with Gasteiger partial charge < -0.3 is 14.8 Å². The monoisotopic (exact) mass is 528 g/mol. The van der Waals surface area contributed by atoms with Crippen LogP contribution in [0.2, 0.25) is 0 Å². The van der Waals surface area contributed by atoms with Crippen LogP contribution in [0.15, 0.2) is 76.1 Å². The van der Waals surface area contributed by atoms with Crippen LogP contribution < -0.4 is 19.5 Å². The molecule has 4 aromatic rings. The molecule has 0 unspecified atom stereocenters. The number of ether oxygens (including phenoxy) is 2. The molecule has 0 fully saturated rings. The maximum Gasteiger partial charge on any atom is 0.266 e. The summed E-state index contributed by atoms with van der Waals surface area (Å²) >= 11 is 3.33. The molecule has 1 heterocycles. The molecule has 0 spiro atoms. The van der Waals surface area contributed by atoms with Crippen molar-refractivity contribution in [3.63, 3.8) is 0 Å². The first kappa shape index (κ1) is 22.8. The number of nitrogens with one attached hydrogen (secondary N) is 2. The summed E-state index contributed by atoms with van der Waals surface area (Å²) in [4.78, 5) is 9.11. The SMILES string of the molecule is CCOc1ccc(Br)cc1S(=O)(=O)Nc1nc2ccccc2nc1Nc1ccc(OC)cc1. The number of methoxy groups -OCH3 is 1. The summed E-state index contributed by atoms with van der Waals surface area (Å²) in [6.45, 7) is 2.11. The first-order valence-corrected chi connectivity index (χ1v) is 12.3. The maximum atomic E-state index is 13.3. The van der Waals surface area contributed by atoms with Crippen molar-refractivity contribution >= 4 is 54.3 Å². The van der Waals surface area contributed by atoms with E-state index in [1.54, 1.807) is 62.6 Å². The van der Waals surface area contributed by atoms with Gasteiger partial charge >= 0.3 is 0 Å². The van der Waals surface area contributed by atoms with Crippen molar-refractivity contribution in [1.29, 1.82) is 0 Å². The molecule has 33 heavy (non-hydrogen) atoms. The summed E-state index contributed by atoms with van der Waals surface area (Å²) in [5.41, 5.74) is 1.86. The Hall–Kier alpha value is -3.37. The molecule has 8 nitrogen and oxygen atoms in total. The lowest BCUT2D eigenvalue weighted by atomic mass is 10.3. The number of hydrogen-bond donors (Lipinski definition) is 2. The Bertz CT molecular complexity index is 1400. The molecule has 3 aromatic carbocycles. The van der Waals surface area contributed by atoms with Crippen molar-refractivity contribution in [1.82, 2.24) is 9.97 Å². The van der Waals surface area contributed by atoms with E-state index in [4.69, 9.17) is 9.47 Å². The molecular weight excluding hydrogens is 508 g/mol. The van der Waals surface area contributed by atoms with Crippen molar-refractivity contribution in [2.75, 3.05) is 23.8 Å². The molecule has 0 saturated heterocycles. The van der Waals surface area contributed by atoms with Gasteiger partial charge in [0.25, 0.3) is 10.0 Å². The first-order valence-electron chi connectivity index (χ1n) is 10.0. The minimum atomic E-state index is -4.05. The van der Waals surface area contributed by atoms with Crippen LogP contribution in [-0.4, -0.2) is 32.1 Å². The molecule has 0 aliphatic heterocycles. The molecule has 0 atom stereocenters. The summed E-state index contributed by atoms with van der Waals surface area (Å²) in [7, 11) is -2.46. The van der Waals surface area contributed by atoms with Gasteiger partial charge in [0.1, 0.15) is 16.4 Å². The van der Waals surface area contributed by atoms with E-state index in [0.29, 0.717) is 33.5 Å². The van der Waals surface area contributed by atoms with E-state index in [-0.39, 0.29) is 22.3 Å². The van der Waals surface area contributed by atoms with Gasteiger partial charge in [-0.3, -0.25) is 4.72 Å². The largest absolute Gasteiger partial charge is 0.497 e. The number of halogens is 1. The topological polar surface area (TPSA) is 102 Å². The van der Waals surface area contributed by atoms with Gasteiger partial charge in [-0.25, -0.2) is 18.4 Å². The number of aromatic nitrogens is 2. The molecule has 0 amide bonds. The Morgan fingerprint density at radius 1 is 0.939 bits per heavy atom. The van der Waals surface area contributed by atoms with Crippen molar-refractivity contribution in [3.05, 3.63) is 71.2 Å². The van der Waals surface area contributed by atoms with Crippen molar-refractivity contribution < 1.29 is 17.9 Å². The van der Waals surface area contributed by atoms with Crippen molar-refractivity contribution in [3.8, 4) is 11.5 Å². The zero-order valence-electron chi connectivity index (χ0n) is 17.9. The zero-order chi connectivity index (χ0) is 23.4. The van der Waals surface area contributed by atoms with Gasteiger partial charge in [0, 0.05) is 10.2 Å². The first-order chi connectivity index (χ1) is 15.9. The second-order valence-electron chi connectivity index (χ2n) is 6.89. The third-order valence-corrected chi connectivity index (χ3v) is 6.50. The van der Waals surface area contributed by atoms with E-state index in [0.717, 1.165) is 0 Å². The van der Waals surface area contributed by atoms with Crippen LogP contribution in [0.3, 0.4) is 0 Å². The number of anilines is 3. The number of fused-ring (bicyclic) bond motifs is 1. The number of hydrogen-bond acceptors (Lipinski definition) is 7. The Labute approximate surface area is 200 Å². The molecule has 4 rings (SSSR count). The van der Waals surface area contributed by atoms with Gasteiger partial charge in [0.2, 0.25) is 0 Å². The highest BCUT2D eigenvalue weighted by molar-refractivity contribution is 9.10. The van der Waals surface area contributed by atoms with E-state index < -0.39 is 10.0 Å². The van der Waals surface area contributed by atoms with Crippen molar-refractivity contribution in [2.24, 2.45) is 0 Å². The molecule has 0 aliphatic rings. The highest BCUT2D eigenvalue weighted by Gasteiger charge is 2.23. The summed E-state index contributed by atoms with van der Waals surface area (Å²) in [6.07, 6.45) is 0. The molecule has 10 heteroatoms. The van der Waals surface area contributed by atoms with E-state index >= 15 is 0 Å². The fraction of sp³-hybridized carbons (Fsp3) is 0.130. The number of rotatable bonds is 8. The van der Waals surface area contributed by atoms with E-state index in [1.807, 2.05) is 12.1 Å². The summed E-state index contributed by atoms with van der Waals surface area (Å²) in [6, 6.07) is 19.2.